The van der Waals surface area contributed by atoms with Crippen molar-refractivity contribution < 1.29 is 62.7 Å². The van der Waals surface area contributed by atoms with Crippen LogP contribution < -0.4 is 18.9 Å². The summed E-state index contributed by atoms with van der Waals surface area (Å²) in [4.78, 5) is 29.2. The number of aromatic amines is 4. The topological polar surface area (TPSA) is 143 Å². The number of likely N-dealkylation sites (tertiary alicyclic amines) is 4. The maximum absolute atomic E-state index is 15.8. The fourth-order valence-corrected chi connectivity index (χ4v) is 25.2. The molecule has 8 aliphatic heterocycles. The highest BCUT2D eigenvalue weighted by Gasteiger charge is 2.48. The number of hydrogen-bond donors (Lipinski definition) is 4. The van der Waals surface area contributed by atoms with Crippen LogP contribution >= 0.6 is 0 Å². The summed E-state index contributed by atoms with van der Waals surface area (Å²) in [6.45, 7) is 41.2. The largest absolute Gasteiger partial charge is 0.492 e. The van der Waals surface area contributed by atoms with Crippen molar-refractivity contribution in [2.24, 2.45) is 11.8 Å². The minimum atomic E-state index is -1.53. The van der Waals surface area contributed by atoms with E-state index in [1.807, 2.05) is 109 Å². The lowest BCUT2D eigenvalue weighted by atomic mass is 9.79. The lowest BCUT2D eigenvalue weighted by Gasteiger charge is -2.49. The number of ether oxygens (including phenoxy) is 4. The summed E-state index contributed by atoms with van der Waals surface area (Å²) in [7, 11) is -1.09. The van der Waals surface area contributed by atoms with Gasteiger partial charge in [-0.15, -0.1) is 0 Å². The molecular formula is C118H149F9N12O5S. The minimum absolute atomic E-state index is 0.0112. The highest BCUT2D eigenvalue weighted by molar-refractivity contribution is 7.83. The quantitative estimate of drug-likeness (QED) is 0.0235. The number of alkyl halides is 3. The summed E-state index contributed by atoms with van der Waals surface area (Å²) in [5.74, 6) is -1.45. The Balaban J connectivity index is 0.000000127. The van der Waals surface area contributed by atoms with Crippen molar-refractivity contribution in [2.75, 3.05) is 98.2 Å². The Kier molecular flexibility index (Phi) is 32.1. The monoisotopic (exact) mass is 2020 g/mol. The third kappa shape index (κ3) is 23.4. The van der Waals surface area contributed by atoms with Gasteiger partial charge in [0, 0.05) is 216 Å². The average Bonchev–Trinajstić information content (AvgIpc) is 1.61. The van der Waals surface area contributed by atoms with Crippen molar-refractivity contribution in [1.29, 1.82) is 0 Å². The molecule has 5 fully saturated rings. The number of hydrogen-bond acceptors (Lipinski definition) is 12. The van der Waals surface area contributed by atoms with E-state index in [9.17, 15) is 17.4 Å². The van der Waals surface area contributed by atoms with E-state index < -0.39 is 81.0 Å². The number of halogens is 9. The predicted molar refractivity (Wildman–Crippen MR) is 564 cm³/mol. The molecule has 0 radical (unpaired) electrons. The summed E-state index contributed by atoms with van der Waals surface area (Å²) in [5.41, 5.74) is 8.99. The van der Waals surface area contributed by atoms with Crippen molar-refractivity contribution in [1.82, 2.24) is 58.5 Å². The van der Waals surface area contributed by atoms with E-state index in [0.717, 1.165) is 167 Å². The maximum atomic E-state index is 15.8. The maximum Gasteiger partial charge on any atom is 0.191 e. The molecule has 17 nitrogen and oxygen atoms in total. The fourth-order valence-electron chi connectivity index (χ4n) is 23.9. The summed E-state index contributed by atoms with van der Waals surface area (Å²) < 4.78 is 178. The molecule has 145 heavy (non-hydrogen) atoms. The average molecular weight is 2020 g/mol. The van der Waals surface area contributed by atoms with Crippen molar-refractivity contribution in [3.63, 3.8) is 0 Å². The van der Waals surface area contributed by atoms with Gasteiger partial charge in [0.1, 0.15) is 82.4 Å². The van der Waals surface area contributed by atoms with E-state index in [2.05, 4.69) is 140 Å². The van der Waals surface area contributed by atoms with Crippen LogP contribution in [0.1, 0.15) is 260 Å². The van der Waals surface area contributed by atoms with Crippen molar-refractivity contribution in [3.05, 3.63) is 260 Å². The first-order valence-corrected chi connectivity index (χ1v) is 54.5. The molecule has 4 N–H and O–H groups in total. The first-order valence-electron chi connectivity index (χ1n) is 53.3. The van der Waals surface area contributed by atoms with Gasteiger partial charge in [-0.25, -0.2) is 48.0 Å². The molecule has 0 spiro atoms. The number of fused-ring (bicyclic) bond motifs is 12. The molecule has 0 unspecified atom stereocenters. The van der Waals surface area contributed by atoms with Crippen molar-refractivity contribution >= 4 is 54.6 Å². The summed E-state index contributed by atoms with van der Waals surface area (Å²) in [6.07, 6.45) is 13.4. The number of unbranched alkanes of at least 4 members (excludes halogenated alkanes) is 4. The zero-order chi connectivity index (χ0) is 103. The molecule has 1 saturated carbocycles. The van der Waals surface area contributed by atoms with E-state index in [-0.39, 0.29) is 102 Å². The van der Waals surface area contributed by atoms with Gasteiger partial charge in [0.15, 0.2) is 17.4 Å². The minimum Gasteiger partial charge on any atom is -0.492 e. The van der Waals surface area contributed by atoms with Crippen LogP contribution in [0, 0.1) is 46.7 Å². The van der Waals surface area contributed by atoms with E-state index in [0.29, 0.717) is 44.1 Å². The van der Waals surface area contributed by atoms with Gasteiger partial charge in [0.2, 0.25) is 0 Å². The van der Waals surface area contributed by atoms with E-state index in [1.165, 1.54) is 153 Å². The smallest absolute Gasteiger partial charge is 0.191 e. The van der Waals surface area contributed by atoms with Crippen LogP contribution in [0.4, 0.5) is 39.5 Å². The molecule has 0 amide bonds. The van der Waals surface area contributed by atoms with E-state index in [4.69, 9.17) is 18.9 Å². The molecule has 780 valence electrons. The normalized spacial score (nSPS) is 23.1. The summed E-state index contributed by atoms with van der Waals surface area (Å²) in [5, 5.41) is 4.53. The van der Waals surface area contributed by atoms with Gasteiger partial charge in [-0.2, -0.15) is 0 Å². The van der Waals surface area contributed by atoms with Crippen LogP contribution in [0.5, 0.6) is 23.0 Å². The van der Waals surface area contributed by atoms with Crippen LogP contribution in [0.2, 0.25) is 0 Å². The molecule has 9 aliphatic rings. The fraction of sp³-hybridized carbons (Fsp3) is 0.525. The highest BCUT2D eigenvalue weighted by Crippen LogP contribution is 2.51. The lowest BCUT2D eigenvalue weighted by molar-refractivity contribution is -0.0445. The Morgan fingerprint density at radius 3 is 1.17 bits per heavy atom. The standard InChI is InChI=1S/C31H40F3N3O.C30H36F3N3O.C29H36F3N3O.C28H37N3O2S/c1-5-6-7-10-13-36-17-22(18-36)38-21-15-25(32)28(26(33)16-21)30-29-24(23-11-8-9-12-27(23)35-29)14-20(2)37(30)19-31(3,4)34;1-17-9-19(10-17)35-14-21(15-35)37-20-12-24(31)27(25(32)13-20)29-28-23(22-7-5-6-8-26(22)34-28)11-18(2)36(29)16-30(3,4)33;1-5-6-11-34-15-20(16-34)36-28-23(30)13-19(14-24(28)31)27-26-22(21-9-7-8-10-25(21)33-26)12-18(2)35(27)17-29(3,4)32;1-5-21-17-30(18-21)14-15-33-23-12-10-22(11-13-23)28-27-25(24-8-6-7-9-26(24)29-27)16-20(4)31(28)34(32)19(2)3/h8-9,11-12,15-16,20,22,30,35H,5-7,10,13-14,17-19H2,1-4H3;5-8,12-13,17-19,21,29,34H,9-11,14-16H2,1-4H3;7-10,13-14,18,20,27,33H,5-6,11-12,15-17H2,1-4H3;6-13,19-21,28-29H,5,14-18H2,1-4H3/t20-,30-;17?,18-,19?,29-;18-,27-;20-,28-,34-/m1111/s1. The van der Waals surface area contributed by atoms with Gasteiger partial charge >= 0.3 is 0 Å². The number of benzene rings is 8. The number of nitrogens with zero attached hydrogens (tertiary/aromatic N) is 8. The van der Waals surface area contributed by atoms with Crippen molar-refractivity contribution in [3.8, 4) is 23.0 Å². The molecule has 8 aromatic carbocycles. The first kappa shape index (κ1) is 105. The molecule has 1 aliphatic carbocycles. The molecule has 27 heteroatoms. The second-order valence-electron chi connectivity index (χ2n) is 45.1. The summed E-state index contributed by atoms with van der Waals surface area (Å²) in [6, 6.07) is 47.1. The zero-order valence-corrected chi connectivity index (χ0v) is 88.2. The van der Waals surface area contributed by atoms with Gasteiger partial charge in [-0.1, -0.05) is 145 Å². The molecule has 4 saturated heterocycles. The van der Waals surface area contributed by atoms with Crippen LogP contribution in [0.15, 0.2) is 158 Å². The number of para-hydroxylation sites is 4. The Morgan fingerprint density at radius 1 is 0.400 bits per heavy atom. The SMILES string of the molecule is CC1CC(N2CC(Oc3cc(F)c([C@@H]4c5[nH]c6ccccc6c5C[C@@H](C)N4CC(C)(C)F)c(F)c3)C2)C1.CCC1CN(CCOc2ccc([C@@H]3c4[nH]c5ccccc5c4C[C@@H](C)N3[S@](=O)C(C)C)cc2)C1.CCCCCCN1CC(Oc2cc(F)c([C@@H]3c4[nH]c5ccccc5c4C[C@@H](C)N3CC(C)(C)F)c(F)c2)C1.CCCCN1CC(Oc2c(F)cc([C@@H]3c4[nH]c5ccccc5c4C[C@@H](C)N3CC(C)(C)F)cc2F)C1. The van der Waals surface area contributed by atoms with Crippen molar-refractivity contribution in [2.45, 2.75) is 289 Å². The molecule has 12 aromatic rings. The van der Waals surface area contributed by atoms with Gasteiger partial charge in [-0.3, -0.25) is 34.3 Å². The van der Waals surface area contributed by atoms with E-state index in [1.54, 1.807) is 0 Å². The molecular weight excluding hydrogens is 1870 g/mol. The van der Waals surface area contributed by atoms with Crippen LogP contribution in [0.25, 0.3) is 43.6 Å². The lowest BCUT2D eigenvalue weighted by Crippen LogP contribution is -2.60. The highest BCUT2D eigenvalue weighted by atomic mass is 32.2. The number of aromatic nitrogens is 4. The third-order valence-corrected chi connectivity index (χ3v) is 33.0. The zero-order valence-electron chi connectivity index (χ0n) is 87.4. The third-order valence-electron chi connectivity index (χ3n) is 31.3. The van der Waals surface area contributed by atoms with Gasteiger partial charge in [0.05, 0.1) is 35.2 Å². The summed E-state index contributed by atoms with van der Waals surface area (Å²) >= 11 is 0. The Morgan fingerprint density at radius 2 is 0.772 bits per heavy atom. The molecule has 4 aromatic heterocycles. The van der Waals surface area contributed by atoms with Crippen LogP contribution in [-0.4, -0.2) is 232 Å². The second-order valence-corrected chi connectivity index (χ2v) is 47.1. The Bertz CT molecular complexity index is 6420. The Labute approximate surface area is 853 Å². The number of rotatable bonds is 32. The molecule has 21 rings (SSSR count). The van der Waals surface area contributed by atoms with Crippen LogP contribution in [0.3, 0.4) is 0 Å². The number of H-pyrrole nitrogens is 4. The second kappa shape index (κ2) is 44.2. The van der Waals surface area contributed by atoms with Crippen LogP contribution in [-0.2, 0) is 36.7 Å². The number of nitrogens with one attached hydrogen (secondary N) is 4. The van der Waals surface area contributed by atoms with Gasteiger partial charge in [0.25, 0.3) is 0 Å². The van der Waals surface area contributed by atoms with Gasteiger partial charge in [-0.05, 0) is 241 Å². The van der Waals surface area contributed by atoms with E-state index >= 15 is 26.3 Å². The van der Waals surface area contributed by atoms with Gasteiger partial charge < -0.3 is 38.9 Å². The molecule has 0 bridgehead atoms. The first-order chi connectivity index (χ1) is 69.3. The molecule has 9 atom stereocenters. The Hall–Kier alpha value is -9.68. The molecule has 12 heterocycles. The predicted octanol–water partition coefficient (Wildman–Crippen LogP) is 25.3.